The van der Waals surface area contributed by atoms with Crippen molar-refractivity contribution in [1.82, 2.24) is 29.4 Å². The maximum absolute atomic E-state index is 2.62. The molecule has 4 heterocycles. The summed E-state index contributed by atoms with van der Waals surface area (Å²) < 4.78 is 0. The molecule has 6 nitrogen and oxygen atoms in total. The summed E-state index contributed by atoms with van der Waals surface area (Å²) in [5.41, 5.74) is 7.84. The van der Waals surface area contributed by atoms with Gasteiger partial charge in [-0.1, -0.05) is 140 Å². The van der Waals surface area contributed by atoms with E-state index in [1.807, 2.05) is 13.8 Å². The molecule has 0 atom stereocenters. The van der Waals surface area contributed by atoms with Gasteiger partial charge in [0.15, 0.2) is 0 Å². The Morgan fingerprint density at radius 1 is 0.324 bits per heavy atom. The molecule has 0 amide bonds. The third-order valence-electron chi connectivity index (χ3n) is 16.0. The summed E-state index contributed by atoms with van der Waals surface area (Å²) in [4.78, 5) is 15.5. The van der Waals surface area contributed by atoms with Gasteiger partial charge in [0, 0.05) is 85.6 Å². The summed E-state index contributed by atoms with van der Waals surface area (Å²) in [6.45, 7) is 87.8. The van der Waals surface area contributed by atoms with Crippen LogP contribution in [0.25, 0.3) is 0 Å². The maximum atomic E-state index is 2.62. The van der Waals surface area contributed by atoms with Gasteiger partial charge in [-0.05, 0) is 215 Å². The van der Waals surface area contributed by atoms with Gasteiger partial charge >= 0.3 is 0 Å². The van der Waals surface area contributed by atoms with E-state index in [-0.39, 0.29) is 18.3 Å². The first-order valence-corrected chi connectivity index (χ1v) is 29.9. The number of hydrogen-bond donors (Lipinski definition) is 0. The Morgan fingerprint density at radius 3 is 0.784 bits per heavy atom. The zero-order valence-corrected chi connectivity index (χ0v) is 56.0. The number of hydrogen-bond acceptors (Lipinski definition) is 6. The van der Waals surface area contributed by atoms with Crippen molar-refractivity contribution in [2.75, 3.05) is 78.5 Å². The molecule has 1 aromatic rings. The summed E-state index contributed by atoms with van der Waals surface area (Å²) in [6, 6.07) is 9.00. The monoisotopic (exact) mass is 1040 g/mol. The van der Waals surface area contributed by atoms with Gasteiger partial charge in [-0.3, -0.25) is 29.4 Å². The number of likely N-dealkylation sites (tertiary alicyclic amines) is 1. The Balaban J connectivity index is 0. The molecule has 440 valence electrons. The van der Waals surface area contributed by atoms with E-state index in [0.29, 0.717) is 44.1 Å². The van der Waals surface area contributed by atoms with Crippen molar-refractivity contribution >= 4 is 0 Å². The van der Waals surface area contributed by atoms with Gasteiger partial charge in [-0.15, -0.1) is 0 Å². The second-order valence-corrected chi connectivity index (χ2v) is 32.2. The lowest BCUT2D eigenvalue weighted by molar-refractivity contribution is 0.0211. The normalized spacial score (nSPS) is 19.7. The molecule has 0 unspecified atom stereocenters. The number of piperazine rings is 1. The van der Waals surface area contributed by atoms with Crippen LogP contribution in [0.3, 0.4) is 0 Å². The number of nitrogens with zero attached hydrogens (tertiary/aromatic N) is 6. The topological polar surface area (TPSA) is 19.4 Å². The van der Waals surface area contributed by atoms with Crippen LogP contribution < -0.4 is 0 Å². The van der Waals surface area contributed by atoms with Gasteiger partial charge in [-0.2, -0.15) is 0 Å². The van der Waals surface area contributed by atoms with Gasteiger partial charge < -0.3 is 0 Å². The first kappa shape index (κ1) is 74.8. The van der Waals surface area contributed by atoms with Crippen molar-refractivity contribution in [2.24, 2.45) is 16.7 Å². The molecule has 0 N–H and O–H groups in total. The highest BCUT2D eigenvalue weighted by molar-refractivity contribution is 5.31. The second-order valence-electron chi connectivity index (χ2n) is 32.2. The summed E-state index contributed by atoms with van der Waals surface area (Å²) in [5, 5.41) is 0. The van der Waals surface area contributed by atoms with E-state index in [9.17, 15) is 0 Å². The predicted octanol–water partition coefficient (Wildman–Crippen LogP) is 17.7. The molecule has 4 aliphatic rings. The van der Waals surface area contributed by atoms with Gasteiger partial charge in [-0.25, -0.2) is 0 Å². The van der Waals surface area contributed by atoms with Crippen LogP contribution in [0.15, 0.2) is 35.9 Å². The molecule has 3 fully saturated rings. The fourth-order valence-corrected chi connectivity index (χ4v) is 10.2. The number of piperidine rings is 1. The summed E-state index contributed by atoms with van der Waals surface area (Å²) in [6.07, 6.45) is 7.71. The summed E-state index contributed by atoms with van der Waals surface area (Å²) in [5.74, 6) is 0.918. The third-order valence-corrected chi connectivity index (χ3v) is 16.0. The molecule has 0 aliphatic carbocycles. The van der Waals surface area contributed by atoms with E-state index in [4.69, 9.17) is 0 Å². The minimum absolute atomic E-state index is 0. The van der Waals surface area contributed by atoms with Crippen molar-refractivity contribution in [3.05, 3.63) is 47.0 Å². The fraction of sp³-hybridized carbons (Fsp3) is 0.882. The molecule has 0 spiro atoms. The van der Waals surface area contributed by atoms with E-state index in [1.165, 1.54) is 109 Å². The molecule has 1 aromatic carbocycles. The largest absolute Gasteiger partial charge is 0.298 e. The highest BCUT2D eigenvalue weighted by Gasteiger charge is 2.34. The molecular weight excluding hydrogens is 901 g/mol. The van der Waals surface area contributed by atoms with Crippen LogP contribution in [-0.2, 0) is 10.8 Å². The third kappa shape index (κ3) is 28.6. The number of rotatable bonds is 0. The lowest BCUT2D eigenvalue weighted by Crippen LogP contribution is -2.57. The van der Waals surface area contributed by atoms with Crippen molar-refractivity contribution in [1.29, 1.82) is 0 Å². The van der Waals surface area contributed by atoms with Crippen molar-refractivity contribution in [3.8, 4) is 0 Å². The molecule has 4 aliphatic heterocycles. The van der Waals surface area contributed by atoms with E-state index in [1.54, 1.807) is 5.57 Å². The van der Waals surface area contributed by atoms with Crippen LogP contribution >= 0.6 is 0 Å². The van der Waals surface area contributed by atoms with E-state index < -0.39 is 0 Å². The average molecular weight is 1040 g/mol. The summed E-state index contributed by atoms with van der Waals surface area (Å²) >= 11 is 0. The quantitative estimate of drug-likeness (QED) is 0.240. The SMILES string of the molecule is C.CC.CC(C)(C)C1=CCN(C(C)(C)C)CC1.CC(C)(C)C1CCN(C(C)(C)C)CC1.CC(C)(C)N1CCCN(C(C)(C)C)CC1.CC(C)(C)N1CCN(C(C)(C)C)CC1.CC(C)(C)c1ccc(C(C)(C)C)cc1. The standard InChI is InChI=1S/C14H22.C13H28N2.C13H27N.C13H25N.C12H26N2.C2H6.CH4/c1-13(2,3)11-7-9-12(10-8-11)14(4,5)6;1-12(2,3)14-8-7-9-15(11-10-14)13(4,5)6;2*1-12(2,3)11-7-9-14(10-8-11)13(4,5)6;1-11(2,3)13-7-9-14(10-8-13)12(4,5)6;1-2;/h7-10H,1-6H3;7-11H2,1-6H3;11H,7-10H2,1-6H3;7H,8-10H2,1-6H3;7-10H2,1-6H3;1-2H3;1H4. The Kier molecular flexibility index (Phi) is 30.1. The van der Waals surface area contributed by atoms with Crippen molar-refractivity contribution in [3.63, 3.8) is 0 Å². The van der Waals surface area contributed by atoms with Crippen LogP contribution in [0, 0.1) is 16.7 Å². The Bertz CT molecular complexity index is 1510. The molecule has 3 saturated heterocycles. The smallest absolute Gasteiger partial charge is 0.0171 e. The predicted molar refractivity (Wildman–Crippen MR) is 339 cm³/mol. The first-order valence-electron chi connectivity index (χ1n) is 29.9. The molecule has 74 heavy (non-hydrogen) atoms. The number of benzene rings is 1. The van der Waals surface area contributed by atoms with Crippen LogP contribution in [0.2, 0.25) is 0 Å². The van der Waals surface area contributed by atoms with E-state index >= 15 is 0 Å². The van der Waals surface area contributed by atoms with Crippen LogP contribution in [0.4, 0.5) is 0 Å². The van der Waals surface area contributed by atoms with E-state index in [2.05, 4.69) is 267 Å². The van der Waals surface area contributed by atoms with Crippen LogP contribution in [-0.4, -0.2) is 141 Å². The summed E-state index contributed by atoms with van der Waals surface area (Å²) in [7, 11) is 0. The molecule has 0 radical (unpaired) electrons. The molecule has 0 aromatic heterocycles. The molecule has 6 heteroatoms. The second kappa shape index (κ2) is 29.8. The van der Waals surface area contributed by atoms with Gasteiger partial charge in [0.1, 0.15) is 0 Å². The lowest BCUT2D eigenvalue weighted by Gasteiger charge is -2.46. The molecule has 0 saturated carbocycles. The molecule has 0 bridgehead atoms. The minimum Gasteiger partial charge on any atom is -0.298 e. The van der Waals surface area contributed by atoms with Gasteiger partial charge in [0.2, 0.25) is 0 Å². The zero-order valence-electron chi connectivity index (χ0n) is 56.0. The average Bonchev–Trinajstić information content (AvgIpc) is 3.51. The Hall–Kier alpha value is -1.28. The Morgan fingerprint density at radius 2 is 0.581 bits per heavy atom. The van der Waals surface area contributed by atoms with Gasteiger partial charge in [0.05, 0.1) is 0 Å². The molecule has 5 rings (SSSR count). The van der Waals surface area contributed by atoms with E-state index in [0.717, 1.165) is 12.5 Å². The Labute approximate surface area is 468 Å². The fourth-order valence-electron chi connectivity index (χ4n) is 10.2. The van der Waals surface area contributed by atoms with Crippen LogP contribution in [0.1, 0.15) is 266 Å². The van der Waals surface area contributed by atoms with Crippen molar-refractivity contribution in [2.45, 2.75) is 299 Å². The lowest BCUT2D eigenvalue weighted by atomic mass is 9.75. The maximum Gasteiger partial charge on any atom is 0.0171 e. The van der Waals surface area contributed by atoms with Crippen molar-refractivity contribution < 1.29 is 0 Å². The van der Waals surface area contributed by atoms with Crippen LogP contribution in [0.5, 0.6) is 0 Å². The minimum atomic E-state index is 0. The zero-order chi connectivity index (χ0) is 57.6. The highest BCUT2D eigenvalue weighted by Crippen LogP contribution is 2.36. The first-order chi connectivity index (χ1) is 32.6. The highest BCUT2D eigenvalue weighted by atomic mass is 15.3. The molecular formula is C68H138N6. The van der Waals surface area contributed by atoms with Gasteiger partial charge in [0.25, 0.3) is 0 Å².